The van der Waals surface area contributed by atoms with Crippen LogP contribution in [-0.4, -0.2) is 55.2 Å². The first-order valence-electron chi connectivity index (χ1n) is 13.5. The lowest BCUT2D eigenvalue weighted by Gasteiger charge is -2.26. The predicted octanol–water partition coefficient (Wildman–Crippen LogP) is 6.36. The number of aromatic nitrogens is 6. The van der Waals surface area contributed by atoms with E-state index in [1.54, 1.807) is 6.20 Å². The van der Waals surface area contributed by atoms with Crippen LogP contribution in [0.5, 0.6) is 5.75 Å². The Hall–Kier alpha value is -4.63. The maximum atomic E-state index is 14.3. The minimum Gasteiger partial charge on any atom is -0.497 e. The van der Waals surface area contributed by atoms with Crippen LogP contribution in [0.25, 0.3) is 55.7 Å². The van der Waals surface area contributed by atoms with Gasteiger partial charge in [-0.05, 0) is 79.0 Å². The van der Waals surface area contributed by atoms with Crippen LogP contribution in [0.15, 0.2) is 67.3 Å². The van der Waals surface area contributed by atoms with Crippen LogP contribution in [0.1, 0.15) is 24.8 Å². The van der Waals surface area contributed by atoms with Gasteiger partial charge in [0.1, 0.15) is 22.9 Å². The molecule has 200 valence electrons. The van der Waals surface area contributed by atoms with Crippen molar-refractivity contribution < 1.29 is 9.13 Å². The number of benzene rings is 1. The largest absolute Gasteiger partial charge is 0.497 e. The molecule has 0 aliphatic carbocycles. The van der Waals surface area contributed by atoms with Gasteiger partial charge < -0.3 is 9.72 Å². The van der Waals surface area contributed by atoms with Gasteiger partial charge in [0.2, 0.25) is 0 Å². The van der Waals surface area contributed by atoms with E-state index < -0.39 is 0 Å². The number of methoxy groups -OCH3 is 1. The van der Waals surface area contributed by atoms with Crippen molar-refractivity contribution in [1.82, 2.24) is 35.0 Å². The smallest absolute Gasteiger partial charge is 0.138 e. The van der Waals surface area contributed by atoms with E-state index in [1.165, 1.54) is 44.1 Å². The molecule has 0 radical (unpaired) electrons. The Morgan fingerprint density at radius 1 is 0.925 bits per heavy atom. The Morgan fingerprint density at radius 2 is 1.82 bits per heavy atom. The number of ether oxygens (including phenoxy) is 1. The summed E-state index contributed by atoms with van der Waals surface area (Å²) in [5.41, 5.74) is 7.66. The highest BCUT2D eigenvalue weighted by Crippen LogP contribution is 2.35. The van der Waals surface area contributed by atoms with Crippen molar-refractivity contribution in [1.29, 1.82) is 0 Å². The summed E-state index contributed by atoms with van der Waals surface area (Å²) in [6, 6.07) is 12.8. The lowest BCUT2D eigenvalue weighted by Crippen LogP contribution is -2.29. The fourth-order valence-electron chi connectivity index (χ4n) is 5.61. The van der Waals surface area contributed by atoms with Gasteiger partial charge in [-0.3, -0.25) is 20.0 Å². The molecule has 1 saturated heterocycles. The highest BCUT2D eigenvalue weighted by Gasteiger charge is 2.17. The van der Waals surface area contributed by atoms with Gasteiger partial charge in [0.25, 0.3) is 0 Å². The summed E-state index contributed by atoms with van der Waals surface area (Å²) in [7, 11) is 1.53. The fourth-order valence-corrected chi connectivity index (χ4v) is 5.61. The Bertz CT molecular complexity index is 1840. The zero-order chi connectivity index (χ0) is 27.1. The van der Waals surface area contributed by atoms with Gasteiger partial charge in [0.15, 0.2) is 0 Å². The number of fused-ring (bicyclic) bond motifs is 2. The summed E-state index contributed by atoms with van der Waals surface area (Å²) in [5.74, 6) is 0.103. The third-order valence-corrected chi connectivity index (χ3v) is 7.60. The SMILES string of the molecule is COc1cc(F)cc(-c2ccnc3[nH]c(-c4n[nH]c5cnc(-c6cncc(CN7CCCCC7)c6)cc45)cc23)c1. The van der Waals surface area contributed by atoms with Crippen molar-refractivity contribution in [3.8, 4) is 39.5 Å². The summed E-state index contributed by atoms with van der Waals surface area (Å²) in [4.78, 5) is 19.6. The third-order valence-electron chi connectivity index (χ3n) is 7.60. The van der Waals surface area contributed by atoms with Gasteiger partial charge in [0.05, 0.1) is 30.2 Å². The molecular formula is C31H28FN7O. The number of pyridine rings is 3. The van der Waals surface area contributed by atoms with E-state index in [9.17, 15) is 4.39 Å². The Balaban J connectivity index is 1.26. The topological polar surface area (TPSA) is 95.6 Å². The molecule has 0 amide bonds. The van der Waals surface area contributed by atoms with Gasteiger partial charge in [0, 0.05) is 47.5 Å². The van der Waals surface area contributed by atoms with E-state index >= 15 is 0 Å². The standard InChI is InChI=1S/C31H28FN7O/c1-40-23-11-20(10-22(32)12-23)24-5-6-34-31-25(24)13-28(36-31)30-26-14-27(35-17-29(26)37-38-30)21-9-19(15-33-16-21)18-39-7-3-2-4-8-39/h5-6,9-17H,2-4,7-8,18H2,1H3,(H,34,36)(H,37,38). The van der Waals surface area contributed by atoms with Crippen molar-refractivity contribution in [2.24, 2.45) is 0 Å². The van der Waals surface area contributed by atoms with E-state index in [0.29, 0.717) is 17.0 Å². The second-order valence-electron chi connectivity index (χ2n) is 10.3. The molecule has 0 unspecified atom stereocenters. The molecule has 1 aliphatic heterocycles. The first kappa shape index (κ1) is 24.4. The molecule has 1 aliphatic rings. The van der Waals surface area contributed by atoms with E-state index in [1.807, 2.05) is 42.9 Å². The molecular weight excluding hydrogens is 505 g/mol. The van der Waals surface area contributed by atoms with Gasteiger partial charge in [-0.2, -0.15) is 5.10 Å². The molecule has 1 aromatic carbocycles. The maximum absolute atomic E-state index is 14.3. The average molecular weight is 534 g/mol. The molecule has 0 bridgehead atoms. The second kappa shape index (κ2) is 10.2. The predicted molar refractivity (Wildman–Crippen MR) is 153 cm³/mol. The quantitative estimate of drug-likeness (QED) is 0.259. The number of nitrogens with zero attached hydrogens (tertiary/aromatic N) is 5. The molecule has 6 aromatic rings. The molecule has 9 heteroatoms. The van der Waals surface area contributed by atoms with Gasteiger partial charge in [-0.1, -0.05) is 6.42 Å². The normalized spacial score (nSPS) is 14.2. The molecule has 40 heavy (non-hydrogen) atoms. The van der Waals surface area contributed by atoms with Crippen LogP contribution in [0.4, 0.5) is 4.39 Å². The number of rotatable bonds is 6. The maximum Gasteiger partial charge on any atom is 0.138 e. The molecule has 0 spiro atoms. The lowest BCUT2D eigenvalue weighted by atomic mass is 10.0. The van der Waals surface area contributed by atoms with Crippen LogP contribution < -0.4 is 4.74 Å². The molecule has 8 nitrogen and oxygen atoms in total. The third kappa shape index (κ3) is 4.58. The van der Waals surface area contributed by atoms with Gasteiger partial charge >= 0.3 is 0 Å². The number of nitrogens with one attached hydrogen (secondary N) is 2. The van der Waals surface area contributed by atoms with Crippen molar-refractivity contribution in [2.45, 2.75) is 25.8 Å². The number of likely N-dealkylation sites (tertiary alicyclic amines) is 1. The molecule has 1 fully saturated rings. The second-order valence-corrected chi connectivity index (χ2v) is 10.3. The van der Waals surface area contributed by atoms with E-state index in [2.05, 4.69) is 36.1 Å². The highest BCUT2D eigenvalue weighted by atomic mass is 19.1. The van der Waals surface area contributed by atoms with Crippen LogP contribution in [0.2, 0.25) is 0 Å². The fraction of sp³-hybridized carbons (Fsp3) is 0.226. The highest BCUT2D eigenvalue weighted by molar-refractivity contribution is 6.00. The molecule has 6 heterocycles. The molecule has 2 N–H and O–H groups in total. The summed E-state index contributed by atoms with van der Waals surface area (Å²) >= 11 is 0. The van der Waals surface area contributed by atoms with Crippen LogP contribution >= 0.6 is 0 Å². The average Bonchev–Trinajstić information content (AvgIpc) is 3.61. The first-order valence-corrected chi connectivity index (χ1v) is 13.5. The first-order chi connectivity index (χ1) is 19.6. The summed E-state index contributed by atoms with van der Waals surface area (Å²) in [6.07, 6.45) is 11.2. The minimum atomic E-state index is -0.358. The number of aromatic amines is 2. The molecule has 5 aromatic heterocycles. The zero-order valence-corrected chi connectivity index (χ0v) is 22.1. The van der Waals surface area contributed by atoms with Crippen molar-refractivity contribution in [3.05, 3.63) is 78.6 Å². The minimum absolute atomic E-state index is 0.358. The van der Waals surface area contributed by atoms with Crippen molar-refractivity contribution in [3.63, 3.8) is 0 Å². The van der Waals surface area contributed by atoms with Crippen LogP contribution in [0.3, 0.4) is 0 Å². The molecule has 0 atom stereocenters. The Morgan fingerprint density at radius 3 is 2.70 bits per heavy atom. The number of halogens is 1. The number of hydrogen-bond acceptors (Lipinski definition) is 6. The lowest BCUT2D eigenvalue weighted by molar-refractivity contribution is 0.220. The number of H-pyrrole nitrogens is 2. The van der Waals surface area contributed by atoms with Crippen LogP contribution in [0, 0.1) is 5.82 Å². The van der Waals surface area contributed by atoms with Gasteiger partial charge in [-0.25, -0.2) is 9.37 Å². The van der Waals surface area contributed by atoms with Crippen LogP contribution in [-0.2, 0) is 6.54 Å². The molecule has 0 saturated carbocycles. The Labute approximate surface area is 230 Å². The number of piperidine rings is 1. The Kier molecular flexibility index (Phi) is 6.20. The summed E-state index contributed by atoms with van der Waals surface area (Å²) in [6.45, 7) is 3.18. The molecule has 7 rings (SSSR count). The van der Waals surface area contributed by atoms with E-state index in [0.717, 1.165) is 64.1 Å². The monoisotopic (exact) mass is 533 g/mol. The van der Waals surface area contributed by atoms with Gasteiger partial charge in [-0.15, -0.1) is 0 Å². The summed E-state index contributed by atoms with van der Waals surface area (Å²) < 4.78 is 19.6. The van der Waals surface area contributed by atoms with E-state index in [-0.39, 0.29) is 5.82 Å². The van der Waals surface area contributed by atoms with E-state index in [4.69, 9.17) is 9.72 Å². The summed E-state index contributed by atoms with van der Waals surface area (Å²) in [5, 5.41) is 9.51. The van der Waals surface area contributed by atoms with Crippen molar-refractivity contribution >= 4 is 21.9 Å². The zero-order valence-electron chi connectivity index (χ0n) is 22.1. The number of hydrogen-bond donors (Lipinski definition) is 2. The van der Waals surface area contributed by atoms with Crippen molar-refractivity contribution in [2.75, 3.05) is 20.2 Å².